The molecule has 1 fully saturated rings. The van der Waals surface area contributed by atoms with Crippen molar-refractivity contribution < 1.29 is 5.11 Å². The van der Waals surface area contributed by atoms with Crippen LogP contribution in [0.15, 0.2) is 18.5 Å². The molecular weight excluding hydrogens is 250 g/mol. The molecule has 1 saturated carbocycles. The molecule has 1 aliphatic rings. The van der Waals surface area contributed by atoms with E-state index in [4.69, 9.17) is 0 Å². The number of rotatable bonds is 6. The Hall–Kier alpha value is -1.29. The Morgan fingerprint density at radius 2 is 1.85 bits per heavy atom. The van der Waals surface area contributed by atoms with Crippen molar-refractivity contribution in [3.63, 3.8) is 0 Å². The van der Waals surface area contributed by atoms with Gasteiger partial charge in [0.15, 0.2) is 0 Å². The molecule has 4 heteroatoms. The number of hydrogen-bond acceptors (Lipinski definition) is 4. The third kappa shape index (κ3) is 4.10. The van der Waals surface area contributed by atoms with E-state index in [0.29, 0.717) is 6.54 Å². The molecule has 0 bridgehead atoms. The molecule has 4 nitrogen and oxygen atoms in total. The Balaban J connectivity index is 1.87. The van der Waals surface area contributed by atoms with Gasteiger partial charge in [-0.2, -0.15) is 0 Å². The second-order valence-corrected chi connectivity index (χ2v) is 5.92. The predicted octanol–water partition coefficient (Wildman–Crippen LogP) is 3.26. The van der Waals surface area contributed by atoms with Crippen LogP contribution in [0.4, 0.5) is 11.4 Å². The van der Waals surface area contributed by atoms with Crippen LogP contribution >= 0.6 is 0 Å². The molecule has 20 heavy (non-hydrogen) atoms. The fourth-order valence-corrected chi connectivity index (χ4v) is 2.90. The monoisotopic (exact) mass is 277 g/mol. The fraction of sp³-hybridized carbons (Fsp3) is 0.688. The second-order valence-electron chi connectivity index (χ2n) is 5.92. The number of hydrogen-bond donors (Lipinski definition) is 3. The Labute approximate surface area is 122 Å². The molecule has 2 rings (SSSR count). The first-order chi connectivity index (χ1) is 9.65. The minimum absolute atomic E-state index is 0.556. The van der Waals surface area contributed by atoms with E-state index in [0.717, 1.165) is 49.5 Å². The van der Waals surface area contributed by atoms with Crippen molar-refractivity contribution in [3.05, 3.63) is 18.5 Å². The molecule has 1 aliphatic carbocycles. The van der Waals surface area contributed by atoms with Crippen molar-refractivity contribution in [1.82, 2.24) is 4.98 Å². The molecule has 0 unspecified atom stereocenters. The van der Waals surface area contributed by atoms with E-state index in [9.17, 15) is 5.11 Å². The van der Waals surface area contributed by atoms with Gasteiger partial charge >= 0.3 is 0 Å². The zero-order valence-electron chi connectivity index (χ0n) is 12.7. The summed E-state index contributed by atoms with van der Waals surface area (Å²) in [6.07, 6.45) is 8.95. The Bertz CT molecular complexity index is 414. The summed E-state index contributed by atoms with van der Waals surface area (Å²) in [4.78, 5) is 4.21. The average Bonchev–Trinajstić information content (AvgIpc) is 2.47. The van der Waals surface area contributed by atoms with E-state index in [-0.39, 0.29) is 0 Å². The molecule has 0 amide bonds. The smallest absolute Gasteiger partial charge is 0.0819 e. The first kappa shape index (κ1) is 15.1. The van der Waals surface area contributed by atoms with Crippen molar-refractivity contribution in [2.75, 3.05) is 23.7 Å². The van der Waals surface area contributed by atoms with Crippen LogP contribution in [0.2, 0.25) is 0 Å². The summed E-state index contributed by atoms with van der Waals surface area (Å²) in [7, 11) is 0. The molecule has 1 aromatic rings. The molecule has 3 N–H and O–H groups in total. The molecule has 0 saturated heterocycles. The van der Waals surface area contributed by atoms with Gasteiger partial charge in [0, 0.05) is 13.1 Å². The lowest BCUT2D eigenvalue weighted by Gasteiger charge is -2.36. The minimum Gasteiger partial charge on any atom is -0.388 e. The van der Waals surface area contributed by atoms with Crippen molar-refractivity contribution in [1.29, 1.82) is 0 Å². The predicted molar refractivity (Wildman–Crippen MR) is 84.1 cm³/mol. The highest BCUT2D eigenvalue weighted by molar-refractivity contribution is 5.54. The van der Waals surface area contributed by atoms with Crippen molar-refractivity contribution >= 4 is 11.4 Å². The van der Waals surface area contributed by atoms with E-state index in [1.165, 1.54) is 6.42 Å². The van der Waals surface area contributed by atoms with Gasteiger partial charge in [0.25, 0.3) is 0 Å². The van der Waals surface area contributed by atoms with E-state index >= 15 is 0 Å². The Morgan fingerprint density at radius 3 is 2.45 bits per heavy atom. The van der Waals surface area contributed by atoms with E-state index in [1.54, 1.807) is 0 Å². The molecule has 0 aromatic carbocycles. The van der Waals surface area contributed by atoms with Gasteiger partial charge in [-0.05, 0) is 44.6 Å². The van der Waals surface area contributed by atoms with Crippen LogP contribution in [-0.2, 0) is 0 Å². The lowest BCUT2D eigenvalue weighted by molar-refractivity contribution is 0.00229. The molecule has 112 valence electrons. The molecule has 0 radical (unpaired) electrons. The highest BCUT2D eigenvalue weighted by Crippen LogP contribution is 2.33. The summed E-state index contributed by atoms with van der Waals surface area (Å²) < 4.78 is 0. The van der Waals surface area contributed by atoms with Gasteiger partial charge in [-0.15, -0.1) is 0 Å². The van der Waals surface area contributed by atoms with Crippen LogP contribution in [0.25, 0.3) is 0 Å². The van der Waals surface area contributed by atoms with E-state index in [1.807, 2.05) is 18.5 Å². The van der Waals surface area contributed by atoms with Gasteiger partial charge in [0.05, 0.1) is 29.4 Å². The minimum atomic E-state index is -0.556. The van der Waals surface area contributed by atoms with Gasteiger partial charge in [-0.25, -0.2) is 0 Å². The summed E-state index contributed by atoms with van der Waals surface area (Å²) in [6, 6.07) is 2.04. The highest BCUT2D eigenvalue weighted by atomic mass is 16.3. The third-order valence-electron chi connectivity index (χ3n) is 4.35. The first-order valence-corrected chi connectivity index (χ1v) is 7.80. The average molecular weight is 277 g/mol. The normalized spacial score (nSPS) is 26.2. The molecule has 0 atom stereocenters. The quantitative estimate of drug-likeness (QED) is 0.747. The van der Waals surface area contributed by atoms with Gasteiger partial charge in [0.1, 0.15) is 0 Å². The maximum Gasteiger partial charge on any atom is 0.0819 e. The molecule has 1 aromatic heterocycles. The lowest BCUT2D eigenvalue weighted by Crippen LogP contribution is -2.40. The largest absolute Gasteiger partial charge is 0.388 e. The standard InChI is InChI=1S/C16H27N3O/c1-3-13-5-7-16(20,8-6-13)12-19-15-9-14(18-4-2)10-17-11-15/h9-11,13,18-20H,3-8,12H2,1-2H3. The van der Waals surface area contributed by atoms with Crippen LogP contribution in [0.3, 0.4) is 0 Å². The zero-order chi connectivity index (χ0) is 14.4. The molecular formula is C16H27N3O. The summed E-state index contributed by atoms with van der Waals surface area (Å²) in [5, 5.41) is 17.2. The highest BCUT2D eigenvalue weighted by Gasteiger charge is 2.32. The molecule has 1 heterocycles. The number of anilines is 2. The van der Waals surface area contributed by atoms with Gasteiger partial charge in [-0.1, -0.05) is 13.3 Å². The molecule has 0 spiro atoms. The number of pyridine rings is 1. The van der Waals surface area contributed by atoms with Gasteiger partial charge < -0.3 is 15.7 Å². The van der Waals surface area contributed by atoms with Crippen LogP contribution in [-0.4, -0.2) is 28.8 Å². The number of aliphatic hydroxyl groups is 1. The SMILES string of the molecule is CCNc1cncc(NCC2(O)CCC(CC)CC2)c1. The van der Waals surface area contributed by atoms with Crippen LogP contribution in [0.1, 0.15) is 46.0 Å². The summed E-state index contributed by atoms with van der Waals surface area (Å²) in [6.45, 7) is 5.80. The Morgan fingerprint density at radius 1 is 1.20 bits per heavy atom. The number of nitrogens with one attached hydrogen (secondary N) is 2. The summed E-state index contributed by atoms with van der Waals surface area (Å²) >= 11 is 0. The van der Waals surface area contributed by atoms with Gasteiger partial charge in [0.2, 0.25) is 0 Å². The van der Waals surface area contributed by atoms with Crippen LogP contribution in [0, 0.1) is 5.92 Å². The van der Waals surface area contributed by atoms with Crippen LogP contribution < -0.4 is 10.6 Å². The molecule has 0 aliphatic heterocycles. The Kier molecular flexibility index (Phi) is 5.24. The van der Waals surface area contributed by atoms with Crippen molar-refractivity contribution in [3.8, 4) is 0 Å². The fourth-order valence-electron chi connectivity index (χ4n) is 2.90. The van der Waals surface area contributed by atoms with Crippen molar-refractivity contribution in [2.45, 2.75) is 51.6 Å². The lowest BCUT2D eigenvalue weighted by atomic mass is 9.78. The van der Waals surface area contributed by atoms with Gasteiger partial charge in [-0.3, -0.25) is 4.98 Å². The number of aromatic nitrogens is 1. The third-order valence-corrected chi connectivity index (χ3v) is 4.35. The van der Waals surface area contributed by atoms with Crippen molar-refractivity contribution in [2.24, 2.45) is 5.92 Å². The van der Waals surface area contributed by atoms with E-state index < -0.39 is 5.60 Å². The summed E-state index contributed by atoms with van der Waals surface area (Å²) in [5.41, 5.74) is 1.42. The maximum absolute atomic E-state index is 10.6. The first-order valence-electron chi connectivity index (χ1n) is 7.80. The summed E-state index contributed by atoms with van der Waals surface area (Å²) in [5.74, 6) is 0.800. The zero-order valence-corrected chi connectivity index (χ0v) is 12.7. The van der Waals surface area contributed by atoms with E-state index in [2.05, 4.69) is 29.5 Å². The topological polar surface area (TPSA) is 57.2 Å². The maximum atomic E-state index is 10.6. The van der Waals surface area contributed by atoms with Crippen LogP contribution in [0.5, 0.6) is 0 Å². The number of nitrogens with zero attached hydrogens (tertiary/aromatic N) is 1. The second kappa shape index (κ2) is 6.93.